The third kappa shape index (κ3) is 1.14. The molecule has 0 spiro atoms. The second kappa shape index (κ2) is 2.37. The molecule has 1 heterocycles. The number of carbonyl (C=O) groups excluding carboxylic acids is 1. The van der Waals surface area contributed by atoms with Crippen molar-refractivity contribution in [3.63, 3.8) is 0 Å². The first-order valence-electron chi connectivity index (χ1n) is 2.03. The molecule has 8 heavy (non-hydrogen) atoms. The normalized spacial score (nSPS) is 23.1. The molecule has 0 fully saturated rings. The highest BCUT2D eigenvalue weighted by atomic mass is 35.5. The Morgan fingerprint density at radius 2 is 2.38 bits per heavy atom. The Morgan fingerprint density at radius 1 is 1.62 bits per heavy atom. The van der Waals surface area contributed by atoms with E-state index < -0.39 is 0 Å². The molecular formula is C5H3ClOS. The van der Waals surface area contributed by atoms with Crippen molar-refractivity contribution in [1.29, 1.82) is 0 Å². The van der Waals surface area contributed by atoms with Gasteiger partial charge in [-0.2, -0.15) is 0 Å². The number of hydrogen-bond donors (Lipinski definition) is 0. The summed E-state index contributed by atoms with van der Waals surface area (Å²) in [5.74, 6) is 0. The van der Waals surface area contributed by atoms with Crippen molar-refractivity contribution in [3.05, 3.63) is 22.6 Å². The summed E-state index contributed by atoms with van der Waals surface area (Å²) in [6.45, 7) is 0. The molecule has 3 heteroatoms. The lowest BCUT2D eigenvalue weighted by Gasteiger charge is -1.81. The van der Waals surface area contributed by atoms with Gasteiger partial charge in [0.1, 0.15) is 0 Å². The predicted molar refractivity (Wildman–Crippen MR) is 35.7 cm³/mol. The Bertz CT molecular complexity index is 171. The largest absolute Gasteiger partial charge is 0.282 e. The lowest BCUT2D eigenvalue weighted by atomic mass is 10.5. The van der Waals surface area contributed by atoms with Gasteiger partial charge in [0.05, 0.1) is 0 Å². The second-order valence-electron chi connectivity index (χ2n) is 1.27. The molecule has 1 rings (SSSR count). The van der Waals surface area contributed by atoms with Crippen LogP contribution in [0, 0.1) is 0 Å². The molecule has 0 bridgehead atoms. The van der Waals surface area contributed by atoms with Crippen LogP contribution in [0.2, 0.25) is 0 Å². The molecule has 0 aromatic carbocycles. The smallest absolute Gasteiger partial charge is 0.216 e. The molecule has 0 aliphatic carbocycles. The first-order valence-corrected chi connectivity index (χ1v) is 3.28. The van der Waals surface area contributed by atoms with Crippen molar-refractivity contribution >= 4 is 28.5 Å². The van der Waals surface area contributed by atoms with Gasteiger partial charge in [-0.1, -0.05) is 11.6 Å². The van der Waals surface area contributed by atoms with Gasteiger partial charge in [-0.05, 0) is 23.9 Å². The van der Waals surface area contributed by atoms with Crippen LogP contribution in [0.25, 0.3) is 0 Å². The van der Waals surface area contributed by atoms with Crippen LogP contribution in [0.5, 0.6) is 0 Å². The van der Waals surface area contributed by atoms with E-state index in [1.807, 2.05) is 0 Å². The van der Waals surface area contributed by atoms with Crippen LogP contribution in [-0.4, -0.2) is 5.12 Å². The van der Waals surface area contributed by atoms with Crippen molar-refractivity contribution < 1.29 is 4.79 Å². The summed E-state index contributed by atoms with van der Waals surface area (Å²) in [6.07, 6.45) is 3.19. The van der Waals surface area contributed by atoms with Crippen LogP contribution in [0.15, 0.2) is 22.6 Å². The molecule has 0 saturated carbocycles. The van der Waals surface area contributed by atoms with E-state index in [2.05, 4.69) is 0 Å². The Kier molecular flexibility index (Phi) is 1.76. The molecule has 0 unspecified atom stereocenters. The molecular weight excluding hydrogens is 144 g/mol. The van der Waals surface area contributed by atoms with Gasteiger partial charge in [0.15, 0.2) is 0 Å². The van der Waals surface area contributed by atoms with E-state index >= 15 is 0 Å². The zero-order valence-electron chi connectivity index (χ0n) is 3.93. The molecule has 0 N–H and O–H groups in total. The average molecular weight is 147 g/mol. The summed E-state index contributed by atoms with van der Waals surface area (Å²) in [5, 5.41) is 0.0527. The van der Waals surface area contributed by atoms with E-state index in [-0.39, 0.29) is 5.12 Å². The maximum atomic E-state index is 10.4. The maximum Gasteiger partial charge on any atom is 0.216 e. The minimum Gasteiger partial charge on any atom is -0.282 e. The number of carbonyl (C=O) groups is 1. The summed E-state index contributed by atoms with van der Waals surface area (Å²) >= 11 is 6.43. The first kappa shape index (κ1) is 5.92. The molecule has 0 saturated heterocycles. The fraction of sp³-hybridized carbons (Fsp3) is 0. The van der Waals surface area contributed by atoms with Crippen LogP contribution >= 0.6 is 23.4 Å². The van der Waals surface area contributed by atoms with Gasteiger partial charge in [-0.3, -0.25) is 4.79 Å². The van der Waals surface area contributed by atoms with Gasteiger partial charge in [0, 0.05) is 10.4 Å². The summed E-state index contributed by atoms with van der Waals surface area (Å²) in [5.41, 5.74) is 1.39. The van der Waals surface area contributed by atoms with Crippen molar-refractivity contribution in [1.82, 2.24) is 0 Å². The molecule has 1 aliphatic heterocycles. The van der Waals surface area contributed by atoms with Gasteiger partial charge in [-0.15, -0.1) is 0 Å². The molecule has 0 amide bonds. The highest BCUT2D eigenvalue weighted by Crippen LogP contribution is 2.25. The van der Waals surface area contributed by atoms with Crippen LogP contribution in [0.4, 0.5) is 0 Å². The Morgan fingerprint density at radius 3 is 2.62 bits per heavy atom. The van der Waals surface area contributed by atoms with E-state index in [0.717, 1.165) is 16.7 Å². The third-order valence-electron chi connectivity index (χ3n) is 0.710. The topological polar surface area (TPSA) is 17.1 Å². The lowest BCUT2D eigenvalue weighted by Crippen LogP contribution is -1.72. The zero-order chi connectivity index (χ0) is 5.98. The predicted octanol–water partition coefficient (Wildman–Crippen LogP) is 1.90. The molecule has 0 aromatic heterocycles. The molecule has 0 radical (unpaired) electrons. The van der Waals surface area contributed by atoms with Gasteiger partial charge >= 0.3 is 0 Å². The molecule has 42 valence electrons. The van der Waals surface area contributed by atoms with Gasteiger partial charge < -0.3 is 0 Å². The zero-order valence-corrected chi connectivity index (χ0v) is 5.50. The fourth-order valence-electron chi connectivity index (χ4n) is 0.393. The summed E-state index contributed by atoms with van der Waals surface area (Å²) in [6, 6.07) is 0. The van der Waals surface area contributed by atoms with E-state index in [0.29, 0.717) is 0 Å². The molecule has 1 nitrogen and oxygen atoms in total. The fourth-order valence-corrected chi connectivity index (χ4v) is 1.15. The average Bonchev–Trinajstić information content (AvgIpc) is 2.14. The summed E-state index contributed by atoms with van der Waals surface area (Å²) in [7, 11) is 0. The third-order valence-corrected chi connectivity index (χ3v) is 1.90. The maximum absolute atomic E-state index is 10.4. The monoisotopic (exact) mass is 146 g/mol. The van der Waals surface area contributed by atoms with Gasteiger partial charge in [0.25, 0.3) is 0 Å². The quantitative estimate of drug-likeness (QED) is 0.519. The minimum atomic E-state index is 0.0527. The first-order chi connectivity index (χ1) is 3.83. The molecule has 0 atom stereocenters. The van der Waals surface area contributed by atoms with Crippen molar-refractivity contribution in [2.24, 2.45) is 0 Å². The number of thioether (sulfide) groups is 1. The van der Waals surface area contributed by atoms with Crippen LogP contribution in [-0.2, 0) is 4.79 Å². The molecule has 1 aliphatic rings. The standard InChI is InChI=1S/C5H3ClOS/c6-3-4-1-2-5(7)8-4/h1-3H/b4-3+. The summed E-state index contributed by atoms with van der Waals surface area (Å²) in [4.78, 5) is 11.2. The van der Waals surface area contributed by atoms with E-state index in [1.165, 1.54) is 11.6 Å². The van der Waals surface area contributed by atoms with E-state index in [9.17, 15) is 4.79 Å². The van der Waals surface area contributed by atoms with Crippen molar-refractivity contribution in [2.75, 3.05) is 0 Å². The van der Waals surface area contributed by atoms with Crippen LogP contribution < -0.4 is 0 Å². The number of halogens is 1. The number of allylic oxidation sites excluding steroid dienone is 1. The van der Waals surface area contributed by atoms with Crippen molar-refractivity contribution in [3.8, 4) is 0 Å². The Labute approximate surface area is 56.4 Å². The van der Waals surface area contributed by atoms with Crippen LogP contribution in [0.1, 0.15) is 0 Å². The Hall–Kier alpha value is -0.210. The number of rotatable bonds is 0. The van der Waals surface area contributed by atoms with Crippen molar-refractivity contribution in [2.45, 2.75) is 0 Å². The lowest BCUT2D eigenvalue weighted by molar-refractivity contribution is -0.106. The minimum absolute atomic E-state index is 0.0527. The molecule has 0 aromatic rings. The second-order valence-corrected chi connectivity index (χ2v) is 2.56. The van der Waals surface area contributed by atoms with E-state index in [4.69, 9.17) is 11.6 Å². The highest BCUT2D eigenvalue weighted by Gasteiger charge is 2.07. The van der Waals surface area contributed by atoms with Gasteiger partial charge in [-0.25, -0.2) is 0 Å². The van der Waals surface area contributed by atoms with E-state index in [1.54, 1.807) is 6.08 Å². The highest BCUT2D eigenvalue weighted by molar-refractivity contribution is 8.17. The van der Waals surface area contributed by atoms with Gasteiger partial charge in [0.2, 0.25) is 5.12 Å². The van der Waals surface area contributed by atoms with Crippen LogP contribution in [0.3, 0.4) is 0 Å². The Balaban J connectivity index is 2.73. The number of hydrogen-bond acceptors (Lipinski definition) is 2. The SMILES string of the molecule is O=C1C=C/C(=C\Cl)S1. The summed E-state index contributed by atoms with van der Waals surface area (Å²) < 4.78 is 0.